The maximum absolute atomic E-state index is 13.9. The Kier molecular flexibility index (Phi) is 8.34. The molecular weight excluding hydrogens is 487 g/mol. The lowest BCUT2D eigenvalue weighted by Crippen LogP contribution is -2.43. The molecule has 38 heavy (non-hydrogen) atoms. The summed E-state index contributed by atoms with van der Waals surface area (Å²) in [6, 6.07) is 11.5. The SMILES string of the molecule is [C-]#[N+]c1cc(-c2ccc(C(=O)N3C[C@H](O)C[C@H]3C(N)=O)cc2)ccc1OCC1CCN(CC(C)(C)F)CC1. The van der Waals surface area contributed by atoms with E-state index in [4.69, 9.17) is 17.0 Å². The molecule has 2 aliphatic heterocycles. The van der Waals surface area contributed by atoms with Gasteiger partial charge >= 0.3 is 0 Å². The van der Waals surface area contributed by atoms with E-state index in [-0.39, 0.29) is 18.9 Å². The van der Waals surface area contributed by atoms with Gasteiger partial charge in [-0.15, -0.1) is 0 Å². The van der Waals surface area contributed by atoms with E-state index in [1.54, 1.807) is 50.2 Å². The van der Waals surface area contributed by atoms with Crippen molar-refractivity contribution in [1.29, 1.82) is 0 Å². The van der Waals surface area contributed by atoms with E-state index in [0.29, 0.717) is 36.1 Å². The van der Waals surface area contributed by atoms with Gasteiger partial charge in [-0.1, -0.05) is 18.2 Å². The summed E-state index contributed by atoms with van der Waals surface area (Å²) in [6.07, 6.45) is 1.24. The smallest absolute Gasteiger partial charge is 0.254 e. The molecule has 0 saturated carbocycles. The summed E-state index contributed by atoms with van der Waals surface area (Å²) < 4.78 is 19.9. The topological polar surface area (TPSA) is 100 Å². The van der Waals surface area contributed by atoms with Gasteiger partial charge in [-0.3, -0.25) is 9.59 Å². The Balaban J connectivity index is 1.37. The van der Waals surface area contributed by atoms with Crippen molar-refractivity contribution in [2.45, 2.75) is 50.9 Å². The number of likely N-dealkylation sites (tertiary alicyclic amines) is 2. The average molecular weight is 523 g/mol. The van der Waals surface area contributed by atoms with Gasteiger partial charge < -0.3 is 25.4 Å². The Labute approximate surface area is 223 Å². The highest BCUT2D eigenvalue weighted by Crippen LogP contribution is 2.34. The number of β-amino-alcohol motifs (C(OH)–C–C–N with tert-alkyl or cyclic N) is 1. The molecule has 2 amide bonds. The van der Waals surface area contributed by atoms with Crippen molar-refractivity contribution in [3.05, 3.63) is 59.4 Å². The van der Waals surface area contributed by atoms with Crippen molar-refractivity contribution in [2.75, 3.05) is 32.8 Å². The quantitative estimate of drug-likeness (QED) is 0.514. The molecular formula is C29H35FN4O4. The number of aliphatic hydroxyl groups excluding tert-OH is 1. The van der Waals surface area contributed by atoms with Gasteiger partial charge in [0.15, 0.2) is 0 Å². The van der Waals surface area contributed by atoms with E-state index in [1.165, 1.54) is 4.90 Å². The number of primary amides is 1. The second-order valence-electron chi connectivity index (χ2n) is 10.9. The largest absolute Gasteiger partial charge is 0.504 e. The van der Waals surface area contributed by atoms with Crippen molar-refractivity contribution < 1.29 is 23.8 Å². The molecule has 9 heteroatoms. The fraction of sp³-hybridized carbons (Fsp3) is 0.483. The number of alkyl halides is 1. The average Bonchev–Trinajstić information content (AvgIpc) is 3.29. The van der Waals surface area contributed by atoms with Crippen LogP contribution in [-0.4, -0.2) is 77.3 Å². The van der Waals surface area contributed by atoms with Gasteiger partial charge in [0.1, 0.15) is 17.5 Å². The second-order valence-corrected chi connectivity index (χ2v) is 10.9. The maximum atomic E-state index is 13.9. The van der Waals surface area contributed by atoms with Crippen LogP contribution in [0.2, 0.25) is 0 Å². The molecule has 2 aromatic rings. The zero-order chi connectivity index (χ0) is 27.4. The van der Waals surface area contributed by atoms with Crippen LogP contribution in [0.15, 0.2) is 42.5 Å². The number of nitrogens with two attached hydrogens (primary N) is 1. The normalized spacial score (nSPS) is 20.8. The van der Waals surface area contributed by atoms with E-state index in [2.05, 4.69) is 9.74 Å². The van der Waals surface area contributed by atoms with Crippen LogP contribution in [0.3, 0.4) is 0 Å². The molecule has 4 rings (SSSR count). The first-order valence-electron chi connectivity index (χ1n) is 13.0. The molecule has 2 aliphatic rings. The summed E-state index contributed by atoms with van der Waals surface area (Å²) in [5.74, 6) is -0.0929. The lowest BCUT2D eigenvalue weighted by molar-refractivity contribution is -0.121. The Morgan fingerprint density at radius 2 is 1.82 bits per heavy atom. The lowest BCUT2D eigenvalue weighted by atomic mass is 9.96. The molecule has 0 aliphatic carbocycles. The molecule has 2 heterocycles. The molecule has 2 atom stereocenters. The predicted molar refractivity (Wildman–Crippen MR) is 143 cm³/mol. The molecule has 202 valence electrons. The third-order valence-corrected chi connectivity index (χ3v) is 7.19. The summed E-state index contributed by atoms with van der Waals surface area (Å²) in [5.41, 5.74) is 6.65. The van der Waals surface area contributed by atoms with Crippen molar-refractivity contribution >= 4 is 17.5 Å². The van der Waals surface area contributed by atoms with Crippen LogP contribution in [0.5, 0.6) is 5.75 Å². The fourth-order valence-electron chi connectivity index (χ4n) is 5.24. The number of carbonyl (C=O) groups is 2. The summed E-state index contributed by atoms with van der Waals surface area (Å²) in [4.78, 5) is 31.7. The molecule has 0 unspecified atom stereocenters. The highest BCUT2D eigenvalue weighted by Gasteiger charge is 2.38. The van der Waals surface area contributed by atoms with Crippen LogP contribution < -0.4 is 10.5 Å². The Morgan fingerprint density at radius 1 is 1.16 bits per heavy atom. The zero-order valence-corrected chi connectivity index (χ0v) is 21.9. The van der Waals surface area contributed by atoms with Gasteiger partial charge in [-0.2, -0.15) is 0 Å². The van der Waals surface area contributed by atoms with E-state index < -0.39 is 23.7 Å². The van der Waals surface area contributed by atoms with Crippen LogP contribution in [-0.2, 0) is 4.79 Å². The number of amides is 2. The Bertz CT molecular complexity index is 1200. The maximum Gasteiger partial charge on any atom is 0.254 e. The highest BCUT2D eigenvalue weighted by molar-refractivity contribution is 5.98. The first kappa shape index (κ1) is 27.6. The van der Waals surface area contributed by atoms with E-state index in [0.717, 1.165) is 37.1 Å². The number of hydrogen-bond acceptors (Lipinski definition) is 5. The van der Waals surface area contributed by atoms with E-state index in [9.17, 15) is 19.1 Å². The summed E-state index contributed by atoms with van der Waals surface area (Å²) in [7, 11) is 0. The third-order valence-electron chi connectivity index (χ3n) is 7.19. The first-order valence-corrected chi connectivity index (χ1v) is 13.0. The number of piperidine rings is 1. The van der Waals surface area contributed by atoms with Gasteiger partial charge in [0.05, 0.1) is 19.3 Å². The molecule has 2 fully saturated rings. The number of hydrogen-bond donors (Lipinski definition) is 2. The van der Waals surface area contributed by atoms with Crippen molar-refractivity contribution in [3.8, 4) is 16.9 Å². The predicted octanol–water partition coefficient (Wildman–Crippen LogP) is 3.80. The number of aliphatic hydroxyl groups is 1. The molecule has 0 radical (unpaired) electrons. The van der Waals surface area contributed by atoms with Crippen molar-refractivity contribution in [1.82, 2.24) is 9.80 Å². The molecule has 8 nitrogen and oxygen atoms in total. The number of nitrogens with zero attached hydrogens (tertiary/aromatic N) is 3. The highest BCUT2D eigenvalue weighted by atomic mass is 19.1. The number of halogens is 1. The molecule has 0 aromatic heterocycles. The molecule has 2 aromatic carbocycles. The molecule has 0 bridgehead atoms. The Hall–Kier alpha value is -3.48. The van der Waals surface area contributed by atoms with Crippen LogP contribution in [0.4, 0.5) is 10.1 Å². The van der Waals surface area contributed by atoms with E-state index in [1.807, 2.05) is 6.07 Å². The summed E-state index contributed by atoms with van der Waals surface area (Å²) in [5, 5.41) is 9.89. The molecule has 0 spiro atoms. The number of ether oxygens (including phenoxy) is 1. The fourth-order valence-corrected chi connectivity index (χ4v) is 5.24. The minimum Gasteiger partial charge on any atom is -0.504 e. The Morgan fingerprint density at radius 3 is 2.42 bits per heavy atom. The summed E-state index contributed by atoms with van der Waals surface area (Å²) in [6.45, 7) is 13.5. The van der Waals surface area contributed by atoms with Crippen molar-refractivity contribution in [2.24, 2.45) is 11.7 Å². The summed E-state index contributed by atoms with van der Waals surface area (Å²) >= 11 is 0. The first-order chi connectivity index (χ1) is 18.0. The van der Waals surface area contributed by atoms with Crippen LogP contribution >= 0.6 is 0 Å². The second kappa shape index (κ2) is 11.5. The van der Waals surface area contributed by atoms with E-state index >= 15 is 0 Å². The minimum absolute atomic E-state index is 0.0684. The van der Waals surface area contributed by atoms with Crippen LogP contribution in [0.1, 0.15) is 43.5 Å². The van der Waals surface area contributed by atoms with Gasteiger partial charge in [0.25, 0.3) is 5.91 Å². The third kappa shape index (κ3) is 6.69. The zero-order valence-electron chi connectivity index (χ0n) is 21.9. The van der Waals surface area contributed by atoms with Gasteiger partial charge in [0.2, 0.25) is 11.6 Å². The molecule has 3 N–H and O–H groups in total. The lowest BCUT2D eigenvalue weighted by Gasteiger charge is -2.34. The number of benzene rings is 2. The van der Waals surface area contributed by atoms with Gasteiger partial charge in [0, 0.05) is 25.1 Å². The van der Waals surface area contributed by atoms with Crippen LogP contribution in [0.25, 0.3) is 16.0 Å². The number of rotatable bonds is 8. The van der Waals surface area contributed by atoms with Crippen molar-refractivity contribution in [3.63, 3.8) is 0 Å². The van der Waals surface area contributed by atoms with Crippen LogP contribution in [0, 0.1) is 12.5 Å². The standard InChI is InChI=1S/C29H35FN4O4/c1-29(2,30)18-33-12-10-19(11-13-33)17-38-26-9-8-22(14-24(26)32-3)20-4-6-21(7-5-20)28(37)34-16-23(35)15-25(34)27(31)36/h4-9,14,19,23,25,35H,10-13,15-18H2,1-2H3,(H2,31,36)/t23-,25+/m1/s1. The van der Waals surface area contributed by atoms with Gasteiger partial charge in [-0.05, 0) is 81.1 Å². The minimum atomic E-state index is -1.20. The van der Waals surface area contributed by atoms with Gasteiger partial charge in [-0.25, -0.2) is 9.24 Å². The monoisotopic (exact) mass is 522 g/mol. The molecule has 2 saturated heterocycles. The number of carbonyl (C=O) groups excluding carboxylic acids is 2.